The third-order valence-electron chi connectivity index (χ3n) is 3.16. The zero-order valence-corrected chi connectivity index (χ0v) is 12.0. The molecule has 1 aromatic heterocycles. The van der Waals surface area contributed by atoms with Crippen molar-refractivity contribution >= 4 is 28.8 Å². The average Bonchev–Trinajstić information content (AvgIpc) is 2.90. The maximum absolute atomic E-state index is 11.5. The van der Waals surface area contributed by atoms with Crippen LogP contribution < -0.4 is 0 Å². The second kappa shape index (κ2) is 6.01. The molecule has 4 nitrogen and oxygen atoms in total. The third kappa shape index (κ3) is 3.25. The fraction of sp³-hybridized carbons (Fsp3) is 0.125. The van der Waals surface area contributed by atoms with E-state index in [1.165, 1.54) is 11.8 Å². The van der Waals surface area contributed by atoms with Crippen molar-refractivity contribution in [3.63, 3.8) is 0 Å². The standard InChI is InChI=1S/C16H14N2O2S/c19-15(20)14(10-11-6-2-1-3-7-11)21-16-17-12-8-4-5-9-13(12)18-16/h1-9,14H,10H2,(H,17,18)(H,19,20). The molecule has 0 fully saturated rings. The van der Waals surface area contributed by atoms with Crippen LogP contribution in [-0.2, 0) is 11.2 Å². The molecule has 0 aliphatic carbocycles. The van der Waals surface area contributed by atoms with Gasteiger partial charge in [-0.25, -0.2) is 4.98 Å². The number of aliphatic carboxylic acids is 1. The van der Waals surface area contributed by atoms with Gasteiger partial charge in [-0.1, -0.05) is 54.2 Å². The number of H-pyrrole nitrogens is 1. The van der Waals surface area contributed by atoms with E-state index in [2.05, 4.69) is 9.97 Å². The largest absolute Gasteiger partial charge is 0.480 e. The maximum atomic E-state index is 11.5. The van der Waals surface area contributed by atoms with Crippen LogP contribution in [0.2, 0.25) is 0 Å². The number of para-hydroxylation sites is 2. The van der Waals surface area contributed by atoms with Crippen molar-refractivity contribution in [2.24, 2.45) is 0 Å². The van der Waals surface area contributed by atoms with Gasteiger partial charge in [0, 0.05) is 0 Å². The van der Waals surface area contributed by atoms with Crippen molar-refractivity contribution in [3.8, 4) is 0 Å². The zero-order valence-electron chi connectivity index (χ0n) is 11.2. The fourth-order valence-corrected chi connectivity index (χ4v) is 3.09. The van der Waals surface area contributed by atoms with Gasteiger partial charge >= 0.3 is 5.97 Å². The van der Waals surface area contributed by atoms with Crippen molar-refractivity contribution in [1.29, 1.82) is 0 Å². The van der Waals surface area contributed by atoms with Gasteiger partial charge in [0.1, 0.15) is 5.25 Å². The molecule has 0 bridgehead atoms. The number of carboxylic acid groups (broad SMARTS) is 1. The average molecular weight is 298 g/mol. The molecule has 5 heteroatoms. The van der Waals surface area contributed by atoms with Crippen LogP contribution in [0.5, 0.6) is 0 Å². The molecule has 106 valence electrons. The summed E-state index contributed by atoms with van der Waals surface area (Å²) >= 11 is 1.25. The van der Waals surface area contributed by atoms with E-state index < -0.39 is 11.2 Å². The summed E-state index contributed by atoms with van der Waals surface area (Å²) in [4.78, 5) is 19.0. The van der Waals surface area contributed by atoms with Crippen LogP contribution in [0.15, 0.2) is 59.8 Å². The first-order valence-corrected chi connectivity index (χ1v) is 7.48. The molecule has 0 radical (unpaired) electrons. The minimum Gasteiger partial charge on any atom is -0.480 e. The lowest BCUT2D eigenvalue weighted by molar-refractivity contribution is -0.136. The van der Waals surface area contributed by atoms with E-state index in [4.69, 9.17) is 0 Å². The van der Waals surface area contributed by atoms with E-state index >= 15 is 0 Å². The van der Waals surface area contributed by atoms with Gasteiger partial charge in [-0.05, 0) is 24.1 Å². The molecule has 2 aromatic carbocycles. The van der Waals surface area contributed by atoms with E-state index in [-0.39, 0.29) is 0 Å². The lowest BCUT2D eigenvalue weighted by Crippen LogP contribution is -2.19. The highest BCUT2D eigenvalue weighted by Crippen LogP contribution is 2.26. The summed E-state index contributed by atoms with van der Waals surface area (Å²) in [5.74, 6) is -0.829. The van der Waals surface area contributed by atoms with E-state index in [0.29, 0.717) is 11.6 Å². The number of nitrogens with one attached hydrogen (secondary N) is 1. The molecule has 0 aliphatic heterocycles. The highest BCUT2D eigenvalue weighted by Gasteiger charge is 2.21. The summed E-state index contributed by atoms with van der Waals surface area (Å²) in [6, 6.07) is 17.3. The topological polar surface area (TPSA) is 66.0 Å². The molecule has 0 aliphatic rings. The van der Waals surface area contributed by atoms with Gasteiger partial charge in [-0.2, -0.15) is 0 Å². The summed E-state index contributed by atoms with van der Waals surface area (Å²) in [6.45, 7) is 0. The molecule has 0 spiro atoms. The summed E-state index contributed by atoms with van der Waals surface area (Å²) in [5.41, 5.74) is 2.78. The SMILES string of the molecule is O=C(O)C(Cc1ccccc1)Sc1nc2ccccc2[nH]1. The molecular formula is C16H14N2O2S. The molecule has 1 unspecified atom stereocenters. The molecule has 0 saturated heterocycles. The third-order valence-corrected chi connectivity index (χ3v) is 4.23. The molecular weight excluding hydrogens is 284 g/mol. The second-order valence-corrected chi connectivity index (χ2v) is 5.88. The second-order valence-electron chi connectivity index (χ2n) is 4.69. The van der Waals surface area contributed by atoms with Crippen molar-refractivity contribution in [3.05, 3.63) is 60.2 Å². The summed E-state index contributed by atoms with van der Waals surface area (Å²) in [7, 11) is 0. The van der Waals surface area contributed by atoms with Gasteiger partial charge in [0.15, 0.2) is 5.16 Å². The van der Waals surface area contributed by atoms with Crippen molar-refractivity contribution in [2.45, 2.75) is 16.8 Å². The molecule has 0 saturated carbocycles. The molecule has 2 N–H and O–H groups in total. The monoisotopic (exact) mass is 298 g/mol. The molecule has 3 rings (SSSR count). The Balaban J connectivity index is 1.80. The molecule has 3 aromatic rings. The van der Waals surface area contributed by atoms with Crippen molar-refractivity contribution < 1.29 is 9.90 Å². The summed E-state index contributed by atoms with van der Waals surface area (Å²) in [6.07, 6.45) is 0.470. The Morgan fingerprint density at radius 1 is 1.14 bits per heavy atom. The van der Waals surface area contributed by atoms with Gasteiger partial charge < -0.3 is 10.1 Å². The van der Waals surface area contributed by atoms with Crippen molar-refractivity contribution in [1.82, 2.24) is 9.97 Å². The van der Waals surface area contributed by atoms with E-state index in [0.717, 1.165) is 16.6 Å². The van der Waals surface area contributed by atoms with Gasteiger partial charge in [0.25, 0.3) is 0 Å². The first kappa shape index (κ1) is 13.7. The maximum Gasteiger partial charge on any atom is 0.317 e. The normalized spacial score (nSPS) is 12.4. The Labute approximate surface area is 126 Å². The predicted molar refractivity (Wildman–Crippen MR) is 83.5 cm³/mol. The Bertz CT molecular complexity index is 722. The molecule has 1 heterocycles. The van der Waals surface area contributed by atoms with Crippen LogP contribution in [0.1, 0.15) is 5.56 Å². The molecule has 0 amide bonds. The number of fused-ring (bicyclic) bond motifs is 1. The Kier molecular flexibility index (Phi) is 3.92. The van der Waals surface area contributed by atoms with Crippen LogP contribution in [-0.4, -0.2) is 26.3 Å². The fourth-order valence-electron chi connectivity index (χ4n) is 2.13. The van der Waals surface area contributed by atoms with E-state index in [1.54, 1.807) is 0 Å². The quantitative estimate of drug-likeness (QED) is 0.709. The minimum atomic E-state index is -0.829. The number of benzene rings is 2. The predicted octanol–water partition coefficient (Wildman–Crippen LogP) is 3.35. The molecule has 21 heavy (non-hydrogen) atoms. The number of carboxylic acids is 1. The van der Waals surface area contributed by atoms with Crippen LogP contribution in [0, 0.1) is 0 Å². The lowest BCUT2D eigenvalue weighted by atomic mass is 10.1. The number of nitrogens with zero attached hydrogens (tertiary/aromatic N) is 1. The van der Waals surface area contributed by atoms with Crippen LogP contribution in [0.25, 0.3) is 11.0 Å². The van der Waals surface area contributed by atoms with Gasteiger partial charge in [-0.15, -0.1) is 0 Å². The number of rotatable bonds is 5. The number of thioether (sulfide) groups is 1. The first-order valence-electron chi connectivity index (χ1n) is 6.60. The number of aromatic nitrogens is 2. The Morgan fingerprint density at radius 2 is 1.86 bits per heavy atom. The number of hydrogen-bond acceptors (Lipinski definition) is 3. The lowest BCUT2D eigenvalue weighted by Gasteiger charge is -2.10. The zero-order chi connectivity index (χ0) is 14.7. The van der Waals surface area contributed by atoms with Gasteiger partial charge in [-0.3, -0.25) is 4.79 Å². The van der Waals surface area contributed by atoms with Crippen molar-refractivity contribution in [2.75, 3.05) is 0 Å². The number of hydrogen-bond donors (Lipinski definition) is 2. The molecule has 1 atom stereocenters. The first-order chi connectivity index (χ1) is 10.2. The summed E-state index contributed by atoms with van der Waals surface area (Å²) in [5, 5.41) is 9.48. The summed E-state index contributed by atoms with van der Waals surface area (Å²) < 4.78 is 0. The smallest absolute Gasteiger partial charge is 0.317 e. The Hall–Kier alpha value is -2.27. The highest BCUT2D eigenvalue weighted by molar-refractivity contribution is 8.00. The number of imidazole rings is 1. The van der Waals surface area contributed by atoms with Crippen LogP contribution in [0.3, 0.4) is 0 Å². The number of carbonyl (C=O) groups is 1. The van der Waals surface area contributed by atoms with Crippen LogP contribution in [0.4, 0.5) is 0 Å². The van der Waals surface area contributed by atoms with E-state index in [9.17, 15) is 9.90 Å². The Morgan fingerprint density at radius 3 is 2.57 bits per heavy atom. The van der Waals surface area contributed by atoms with Crippen LogP contribution >= 0.6 is 11.8 Å². The highest BCUT2D eigenvalue weighted by atomic mass is 32.2. The van der Waals surface area contributed by atoms with Gasteiger partial charge in [0.2, 0.25) is 0 Å². The number of aromatic amines is 1. The minimum absolute atomic E-state index is 0.470. The van der Waals surface area contributed by atoms with E-state index in [1.807, 2.05) is 54.6 Å². The van der Waals surface area contributed by atoms with Gasteiger partial charge in [0.05, 0.1) is 11.0 Å².